The zero-order valence-corrected chi connectivity index (χ0v) is 12.4. The normalized spacial score (nSPS) is 15.3. The molecular formula is C17H21N3O. The maximum absolute atomic E-state index is 5.79. The van der Waals surface area contributed by atoms with Gasteiger partial charge in [-0.2, -0.15) is 0 Å². The number of methoxy groups -OCH3 is 1. The van der Waals surface area contributed by atoms with Crippen molar-refractivity contribution in [2.45, 2.75) is 13.0 Å². The average Bonchev–Trinajstić information content (AvgIpc) is 2.55. The fourth-order valence-corrected chi connectivity index (χ4v) is 2.80. The fourth-order valence-electron chi connectivity index (χ4n) is 2.80. The van der Waals surface area contributed by atoms with Gasteiger partial charge >= 0.3 is 0 Å². The van der Waals surface area contributed by atoms with Gasteiger partial charge in [-0.15, -0.1) is 0 Å². The van der Waals surface area contributed by atoms with E-state index >= 15 is 0 Å². The Balaban J connectivity index is 1.97. The minimum absolute atomic E-state index is 0.469. The third kappa shape index (κ3) is 2.91. The van der Waals surface area contributed by atoms with Crippen LogP contribution in [0.25, 0.3) is 10.8 Å². The lowest BCUT2D eigenvalue weighted by molar-refractivity contribution is 0.222. The molecule has 4 heteroatoms. The molecule has 0 atom stereocenters. The molecule has 0 saturated carbocycles. The molecule has 0 saturated heterocycles. The van der Waals surface area contributed by atoms with Gasteiger partial charge in [0.15, 0.2) is 0 Å². The van der Waals surface area contributed by atoms with Crippen LogP contribution in [0.4, 0.5) is 5.82 Å². The lowest BCUT2D eigenvalue weighted by Gasteiger charge is -2.28. The molecule has 3 rings (SSSR count). The van der Waals surface area contributed by atoms with Crippen molar-refractivity contribution in [3.05, 3.63) is 47.7 Å². The summed E-state index contributed by atoms with van der Waals surface area (Å²) in [5.41, 5.74) is 8.10. The monoisotopic (exact) mass is 283 g/mol. The third-order valence-electron chi connectivity index (χ3n) is 3.91. The molecule has 0 radical (unpaired) electrons. The molecule has 0 fully saturated rings. The Morgan fingerprint density at radius 3 is 2.90 bits per heavy atom. The maximum atomic E-state index is 5.79. The van der Waals surface area contributed by atoms with Gasteiger partial charge < -0.3 is 15.4 Å². The van der Waals surface area contributed by atoms with Gasteiger partial charge in [-0.05, 0) is 23.4 Å². The first-order chi connectivity index (χ1) is 10.3. The number of nitrogens with zero attached hydrogens (tertiary/aromatic N) is 2. The number of ether oxygens (including phenoxy) is 1. The molecule has 21 heavy (non-hydrogen) atoms. The van der Waals surface area contributed by atoms with E-state index in [1.54, 1.807) is 7.11 Å². The summed E-state index contributed by atoms with van der Waals surface area (Å²) >= 11 is 0. The molecule has 110 valence electrons. The van der Waals surface area contributed by atoms with Crippen LogP contribution in [0.1, 0.15) is 12.1 Å². The Hall–Kier alpha value is -1.91. The first-order valence-corrected chi connectivity index (χ1v) is 7.32. The van der Waals surface area contributed by atoms with Crippen LogP contribution in [0.5, 0.6) is 0 Å². The molecule has 1 aliphatic rings. The van der Waals surface area contributed by atoms with Gasteiger partial charge in [0, 0.05) is 32.1 Å². The number of anilines is 1. The van der Waals surface area contributed by atoms with E-state index in [0.717, 1.165) is 37.6 Å². The van der Waals surface area contributed by atoms with E-state index in [2.05, 4.69) is 41.3 Å². The minimum Gasteiger partial charge on any atom is -0.380 e. The summed E-state index contributed by atoms with van der Waals surface area (Å²) in [4.78, 5) is 7.07. The fraction of sp³-hybridized carbons (Fsp3) is 0.353. The van der Waals surface area contributed by atoms with Crippen molar-refractivity contribution in [3.8, 4) is 0 Å². The molecule has 1 aliphatic heterocycles. The maximum Gasteiger partial charge on any atom is 0.137 e. The quantitative estimate of drug-likeness (QED) is 0.876. The summed E-state index contributed by atoms with van der Waals surface area (Å²) in [5.74, 6) is 1.04. The van der Waals surface area contributed by atoms with Crippen LogP contribution in [0.3, 0.4) is 0 Å². The average molecular weight is 283 g/mol. The summed E-state index contributed by atoms with van der Waals surface area (Å²) < 4.78 is 5.21. The van der Waals surface area contributed by atoms with Crippen molar-refractivity contribution in [3.63, 3.8) is 0 Å². The summed E-state index contributed by atoms with van der Waals surface area (Å²) in [6, 6.07) is 10.4. The van der Waals surface area contributed by atoms with E-state index in [4.69, 9.17) is 15.5 Å². The molecule has 2 heterocycles. The van der Waals surface area contributed by atoms with Gasteiger partial charge in [-0.3, -0.25) is 0 Å². The predicted molar refractivity (Wildman–Crippen MR) is 86.4 cm³/mol. The number of aromatic nitrogens is 1. The Morgan fingerprint density at radius 2 is 2.19 bits per heavy atom. The zero-order valence-electron chi connectivity index (χ0n) is 12.4. The van der Waals surface area contributed by atoms with E-state index in [-0.39, 0.29) is 0 Å². The molecule has 1 aromatic heterocycles. The summed E-state index contributed by atoms with van der Waals surface area (Å²) in [6.07, 6.45) is 3.27. The molecule has 0 aliphatic carbocycles. The zero-order chi connectivity index (χ0) is 14.7. The molecular weight excluding hydrogens is 262 g/mol. The Labute approximate surface area is 125 Å². The van der Waals surface area contributed by atoms with Crippen LogP contribution >= 0.6 is 0 Å². The highest BCUT2D eigenvalue weighted by molar-refractivity contribution is 5.92. The Kier molecular flexibility index (Phi) is 4.18. The largest absolute Gasteiger partial charge is 0.380 e. The van der Waals surface area contributed by atoms with Crippen molar-refractivity contribution in [2.24, 2.45) is 5.73 Å². The van der Waals surface area contributed by atoms with Crippen LogP contribution in [-0.4, -0.2) is 31.8 Å². The highest BCUT2D eigenvalue weighted by atomic mass is 16.5. The molecule has 2 aromatic rings. The van der Waals surface area contributed by atoms with Gasteiger partial charge in [0.2, 0.25) is 0 Å². The highest BCUT2D eigenvalue weighted by Gasteiger charge is 2.16. The van der Waals surface area contributed by atoms with Crippen LogP contribution in [0.2, 0.25) is 0 Å². The number of hydrogen-bond acceptors (Lipinski definition) is 4. The van der Waals surface area contributed by atoms with Crippen molar-refractivity contribution >= 4 is 16.6 Å². The Bertz CT molecular complexity index is 666. The SMILES string of the molecule is COCC1=CCN(c2nc(CN)cc3ccccc23)CC1. The summed E-state index contributed by atoms with van der Waals surface area (Å²) in [7, 11) is 1.74. The predicted octanol–water partition coefficient (Wildman–Crippen LogP) is 2.48. The number of benzene rings is 1. The molecule has 1 aromatic carbocycles. The van der Waals surface area contributed by atoms with Crippen molar-refractivity contribution < 1.29 is 4.74 Å². The molecule has 0 amide bonds. The number of hydrogen-bond donors (Lipinski definition) is 1. The van der Waals surface area contributed by atoms with E-state index in [1.807, 2.05) is 0 Å². The third-order valence-corrected chi connectivity index (χ3v) is 3.91. The van der Waals surface area contributed by atoms with E-state index in [9.17, 15) is 0 Å². The smallest absolute Gasteiger partial charge is 0.137 e. The topological polar surface area (TPSA) is 51.4 Å². The number of nitrogens with two attached hydrogens (primary N) is 1. The van der Waals surface area contributed by atoms with E-state index < -0.39 is 0 Å². The molecule has 2 N–H and O–H groups in total. The lowest BCUT2D eigenvalue weighted by atomic mass is 10.1. The molecule has 4 nitrogen and oxygen atoms in total. The van der Waals surface area contributed by atoms with Crippen LogP contribution in [0.15, 0.2) is 42.0 Å². The van der Waals surface area contributed by atoms with Gasteiger partial charge in [0.25, 0.3) is 0 Å². The standard InChI is InChI=1S/C17H21N3O/c1-21-12-13-6-8-20(9-7-13)17-16-5-3-2-4-14(16)10-15(11-18)19-17/h2-6,10H,7-9,11-12,18H2,1H3. The molecule has 0 unspecified atom stereocenters. The van der Waals surface area contributed by atoms with Crippen molar-refractivity contribution in [1.29, 1.82) is 0 Å². The number of pyridine rings is 1. The summed E-state index contributed by atoms with van der Waals surface area (Å²) in [6.45, 7) is 3.05. The molecule has 0 spiro atoms. The van der Waals surface area contributed by atoms with Crippen LogP contribution < -0.4 is 10.6 Å². The summed E-state index contributed by atoms with van der Waals surface area (Å²) in [5, 5.41) is 2.40. The van der Waals surface area contributed by atoms with Crippen molar-refractivity contribution in [1.82, 2.24) is 4.98 Å². The molecule has 0 bridgehead atoms. The van der Waals surface area contributed by atoms with E-state index in [1.165, 1.54) is 16.3 Å². The van der Waals surface area contributed by atoms with Crippen LogP contribution in [-0.2, 0) is 11.3 Å². The Morgan fingerprint density at radius 1 is 1.33 bits per heavy atom. The van der Waals surface area contributed by atoms with Gasteiger partial charge in [-0.1, -0.05) is 30.3 Å². The number of fused-ring (bicyclic) bond motifs is 1. The van der Waals surface area contributed by atoms with E-state index in [0.29, 0.717) is 6.54 Å². The van der Waals surface area contributed by atoms with Gasteiger partial charge in [0.1, 0.15) is 5.82 Å². The lowest BCUT2D eigenvalue weighted by Crippen LogP contribution is -2.30. The van der Waals surface area contributed by atoms with Gasteiger partial charge in [-0.25, -0.2) is 4.98 Å². The second-order valence-electron chi connectivity index (χ2n) is 5.35. The number of rotatable bonds is 4. The second kappa shape index (κ2) is 6.24. The van der Waals surface area contributed by atoms with Crippen LogP contribution in [0, 0.1) is 0 Å². The highest BCUT2D eigenvalue weighted by Crippen LogP contribution is 2.27. The first-order valence-electron chi connectivity index (χ1n) is 7.32. The first kappa shape index (κ1) is 14.0. The van der Waals surface area contributed by atoms with Crippen molar-refractivity contribution in [2.75, 3.05) is 31.7 Å². The second-order valence-corrected chi connectivity index (χ2v) is 5.35. The van der Waals surface area contributed by atoms with Gasteiger partial charge in [0.05, 0.1) is 12.3 Å². The minimum atomic E-state index is 0.469.